The third-order valence-electron chi connectivity index (χ3n) is 7.07. The number of carbonyl (C=O) groups is 1. The van der Waals surface area contributed by atoms with Gasteiger partial charge in [-0.2, -0.15) is 0 Å². The number of anilines is 2. The van der Waals surface area contributed by atoms with Crippen LogP contribution in [0.1, 0.15) is 30.5 Å². The first-order valence-corrected chi connectivity index (χ1v) is 16.0. The molecule has 1 aromatic carbocycles. The lowest BCUT2D eigenvalue weighted by Crippen LogP contribution is -2.39. The molecule has 5 heterocycles. The molecule has 11 heteroatoms. The number of hydrogen-bond acceptors (Lipinski definition) is 10. The fourth-order valence-electron chi connectivity index (χ4n) is 5.07. The molecule has 0 atom stereocenters. The summed E-state index contributed by atoms with van der Waals surface area (Å²) in [5, 5.41) is 5.65. The van der Waals surface area contributed by atoms with Gasteiger partial charge in [0.05, 0.1) is 41.4 Å². The SMILES string of the molecule is CSc1nc(SCC(=O)Nc2ccccc2C)c2sc3nc(N4CCOCC4)c4c(c3c2n1)CC(C)(C)OC4. The largest absolute Gasteiger partial charge is 0.378 e. The van der Waals surface area contributed by atoms with Crippen molar-refractivity contribution in [1.82, 2.24) is 15.0 Å². The van der Waals surface area contributed by atoms with Crippen LogP contribution in [0.4, 0.5) is 11.5 Å². The number of nitrogens with zero attached hydrogens (tertiary/aromatic N) is 4. The number of thioether (sulfide) groups is 2. The highest BCUT2D eigenvalue weighted by atomic mass is 32.2. The van der Waals surface area contributed by atoms with Gasteiger partial charge in [0.2, 0.25) is 5.91 Å². The second-order valence-corrected chi connectivity index (χ2v) is 13.1. The highest BCUT2D eigenvalue weighted by molar-refractivity contribution is 8.00. The number of benzene rings is 1. The van der Waals surface area contributed by atoms with E-state index in [9.17, 15) is 4.79 Å². The van der Waals surface area contributed by atoms with E-state index in [-0.39, 0.29) is 17.3 Å². The lowest BCUT2D eigenvalue weighted by Gasteiger charge is -2.36. The molecule has 2 aliphatic rings. The Labute approximate surface area is 240 Å². The minimum absolute atomic E-state index is 0.0584. The molecule has 0 bridgehead atoms. The molecule has 39 heavy (non-hydrogen) atoms. The first-order chi connectivity index (χ1) is 18.8. The van der Waals surface area contributed by atoms with E-state index < -0.39 is 0 Å². The van der Waals surface area contributed by atoms with Gasteiger partial charge in [0.1, 0.15) is 15.7 Å². The number of ether oxygens (including phenoxy) is 2. The van der Waals surface area contributed by atoms with Gasteiger partial charge in [0.15, 0.2) is 5.16 Å². The zero-order chi connectivity index (χ0) is 27.1. The minimum Gasteiger partial charge on any atom is -0.378 e. The average molecular weight is 582 g/mol. The topological polar surface area (TPSA) is 89.5 Å². The predicted octanol–water partition coefficient (Wildman–Crippen LogP) is 5.69. The molecular formula is C28H31N5O3S3. The van der Waals surface area contributed by atoms with E-state index in [0.717, 1.165) is 67.6 Å². The van der Waals surface area contributed by atoms with Gasteiger partial charge in [0, 0.05) is 36.1 Å². The van der Waals surface area contributed by atoms with Crippen molar-refractivity contribution in [3.05, 3.63) is 41.0 Å². The molecule has 2 aliphatic heterocycles. The van der Waals surface area contributed by atoms with E-state index in [1.807, 2.05) is 37.4 Å². The number of pyridine rings is 1. The summed E-state index contributed by atoms with van der Waals surface area (Å²) in [6.07, 6.45) is 2.76. The maximum atomic E-state index is 12.9. The van der Waals surface area contributed by atoms with E-state index in [1.54, 1.807) is 11.3 Å². The molecular weight excluding hydrogens is 551 g/mol. The zero-order valence-electron chi connectivity index (χ0n) is 22.5. The maximum absolute atomic E-state index is 12.9. The number of aryl methyl sites for hydroxylation is 1. The van der Waals surface area contributed by atoms with Crippen LogP contribution in [0.3, 0.4) is 0 Å². The van der Waals surface area contributed by atoms with Crippen LogP contribution in [0.25, 0.3) is 20.4 Å². The number of morpholine rings is 1. The number of carbonyl (C=O) groups excluding carboxylic acids is 1. The lowest BCUT2D eigenvalue weighted by atomic mass is 9.90. The smallest absolute Gasteiger partial charge is 0.234 e. The van der Waals surface area contributed by atoms with E-state index in [2.05, 4.69) is 24.1 Å². The molecule has 0 spiro atoms. The number of hydrogen-bond donors (Lipinski definition) is 1. The highest BCUT2D eigenvalue weighted by Gasteiger charge is 2.33. The Hall–Kier alpha value is -2.44. The van der Waals surface area contributed by atoms with Crippen molar-refractivity contribution in [2.45, 2.75) is 49.6 Å². The Morgan fingerprint density at radius 1 is 1.15 bits per heavy atom. The Bertz CT molecular complexity index is 1570. The van der Waals surface area contributed by atoms with Gasteiger partial charge in [-0.25, -0.2) is 15.0 Å². The van der Waals surface area contributed by atoms with Crippen LogP contribution < -0.4 is 10.2 Å². The molecule has 0 saturated carbocycles. The zero-order valence-corrected chi connectivity index (χ0v) is 24.9. The number of amides is 1. The van der Waals surface area contributed by atoms with Gasteiger partial charge >= 0.3 is 0 Å². The summed E-state index contributed by atoms with van der Waals surface area (Å²) in [4.78, 5) is 31.2. The Balaban J connectivity index is 1.42. The molecule has 0 unspecified atom stereocenters. The van der Waals surface area contributed by atoms with Crippen molar-refractivity contribution >= 4 is 72.7 Å². The Morgan fingerprint density at radius 3 is 2.72 bits per heavy atom. The number of para-hydroxylation sites is 1. The van der Waals surface area contributed by atoms with Crippen LogP contribution in [0.15, 0.2) is 34.4 Å². The third-order valence-corrected chi connectivity index (χ3v) is 9.80. The van der Waals surface area contributed by atoms with E-state index >= 15 is 0 Å². The number of thiophene rings is 1. The van der Waals surface area contributed by atoms with Gasteiger partial charge in [-0.3, -0.25) is 4.79 Å². The van der Waals surface area contributed by atoms with Crippen LogP contribution in [-0.4, -0.2) is 64.8 Å². The summed E-state index contributed by atoms with van der Waals surface area (Å²) in [7, 11) is 0. The van der Waals surface area contributed by atoms with Crippen molar-refractivity contribution in [2.75, 3.05) is 48.5 Å². The summed E-state index contributed by atoms with van der Waals surface area (Å²) in [5.41, 5.74) is 4.93. The fourth-order valence-corrected chi connectivity index (χ4v) is 7.54. The Kier molecular flexibility index (Phi) is 7.45. The molecule has 1 fully saturated rings. The predicted molar refractivity (Wildman–Crippen MR) is 161 cm³/mol. The van der Waals surface area contributed by atoms with Gasteiger partial charge < -0.3 is 19.7 Å². The lowest BCUT2D eigenvalue weighted by molar-refractivity contribution is -0.113. The van der Waals surface area contributed by atoms with Gasteiger partial charge in [-0.1, -0.05) is 41.7 Å². The van der Waals surface area contributed by atoms with E-state index in [1.165, 1.54) is 29.1 Å². The third kappa shape index (κ3) is 5.35. The van der Waals surface area contributed by atoms with Crippen LogP contribution >= 0.6 is 34.9 Å². The Morgan fingerprint density at radius 2 is 1.95 bits per heavy atom. The molecule has 0 aliphatic carbocycles. The number of fused-ring (bicyclic) bond motifs is 5. The second kappa shape index (κ2) is 10.9. The van der Waals surface area contributed by atoms with Crippen LogP contribution in [0.2, 0.25) is 0 Å². The number of nitrogens with one attached hydrogen (secondary N) is 1. The molecule has 8 nitrogen and oxygen atoms in total. The van der Waals surface area contributed by atoms with E-state index in [4.69, 9.17) is 24.4 Å². The van der Waals surface area contributed by atoms with E-state index in [0.29, 0.717) is 25.0 Å². The number of rotatable bonds is 6. The standard InChI is InChI=1S/C28H31N5O3S3/c1-16-7-5-6-8-19(16)29-20(34)15-38-26-23-22(30-27(32-26)37-4)21-17-13-28(2,3)36-14-18(17)24(31-25(21)39-23)33-9-11-35-12-10-33/h5-8H,9-15H2,1-4H3,(H,29,34). The monoisotopic (exact) mass is 581 g/mol. The number of aromatic nitrogens is 3. The first-order valence-electron chi connectivity index (χ1n) is 13.0. The second-order valence-electron chi connectivity index (χ2n) is 10.3. The van der Waals surface area contributed by atoms with Crippen LogP contribution in [0.5, 0.6) is 0 Å². The molecule has 3 aromatic heterocycles. The van der Waals surface area contributed by atoms with Crippen molar-refractivity contribution in [3.63, 3.8) is 0 Å². The molecule has 204 valence electrons. The van der Waals surface area contributed by atoms with Crippen molar-refractivity contribution in [1.29, 1.82) is 0 Å². The molecule has 1 N–H and O–H groups in total. The summed E-state index contributed by atoms with van der Waals surface area (Å²) >= 11 is 4.58. The maximum Gasteiger partial charge on any atom is 0.234 e. The van der Waals surface area contributed by atoms with Crippen molar-refractivity contribution in [3.8, 4) is 0 Å². The van der Waals surface area contributed by atoms with Crippen LogP contribution in [0, 0.1) is 6.92 Å². The van der Waals surface area contributed by atoms with Crippen molar-refractivity contribution < 1.29 is 14.3 Å². The molecule has 1 saturated heterocycles. The van der Waals surface area contributed by atoms with Gasteiger partial charge in [0.25, 0.3) is 0 Å². The minimum atomic E-state index is -0.279. The van der Waals surface area contributed by atoms with Gasteiger partial charge in [-0.05, 0) is 44.2 Å². The highest BCUT2D eigenvalue weighted by Crippen LogP contribution is 2.45. The molecule has 0 radical (unpaired) electrons. The quantitative estimate of drug-likeness (QED) is 0.175. The summed E-state index contributed by atoms with van der Waals surface area (Å²) in [6, 6.07) is 7.80. The summed E-state index contributed by atoms with van der Waals surface area (Å²) < 4.78 is 12.9. The summed E-state index contributed by atoms with van der Waals surface area (Å²) in [5.74, 6) is 1.19. The normalized spacial score (nSPS) is 17.0. The first kappa shape index (κ1) is 26.8. The molecule has 4 aromatic rings. The molecule has 6 rings (SSSR count). The van der Waals surface area contributed by atoms with Gasteiger partial charge in [-0.15, -0.1) is 11.3 Å². The average Bonchev–Trinajstić information content (AvgIpc) is 3.31. The molecule has 1 amide bonds. The summed E-state index contributed by atoms with van der Waals surface area (Å²) in [6.45, 7) is 9.81. The van der Waals surface area contributed by atoms with Crippen molar-refractivity contribution in [2.24, 2.45) is 0 Å². The fraction of sp³-hybridized carbons (Fsp3) is 0.429. The van der Waals surface area contributed by atoms with Crippen LogP contribution in [-0.2, 0) is 27.3 Å².